The summed E-state index contributed by atoms with van der Waals surface area (Å²) in [6, 6.07) is 7.60. The minimum Gasteiger partial charge on any atom is -0.497 e. The summed E-state index contributed by atoms with van der Waals surface area (Å²) < 4.78 is 10.9. The molecule has 1 heterocycles. The number of nitrogens with zero attached hydrogens (tertiary/aromatic N) is 1. The van der Waals surface area contributed by atoms with Gasteiger partial charge in [0.2, 0.25) is 0 Å². The van der Waals surface area contributed by atoms with Gasteiger partial charge < -0.3 is 14.8 Å². The van der Waals surface area contributed by atoms with E-state index in [1.165, 1.54) is 4.88 Å². The average Bonchev–Trinajstić information content (AvgIpc) is 2.93. The molecule has 1 aromatic heterocycles. The smallest absolute Gasteiger partial charge is 0.140 e. The van der Waals surface area contributed by atoms with E-state index in [1.54, 1.807) is 18.4 Å². The van der Waals surface area contributed by atoms with Gasteiger partial charge >= 0.3 is 0 Å². The molecule has 2 rings (SSSR count). The molecule has 0 saturated heterocycles. The zero-order chi connectivity index (χ0) is 15.1. The van der Waals surface area contributed by atoms with Crippen LogP contribution in [0.5, 0.6) is 11.5 Å². The largest absolute Gasteiger partial charge is 0.497 e. The average molecular weight is 306 g/mol. The molecule has 0 aliphatic carbocycles. The molecule has 0 aliphatic rings. The van der Waals surface area contributed by atoms with Crippen molar-refractivity contribution in [3.8, 4) is 11.5 Å². The zero-order valence-electron chi connectivity index (χ0n) is 12.8. The van der Waals surface area contributed by atoms with Crippen LogP contribution in [-0.2, 0) is 13.2 Å². The number of hydrogen-bond donors (Lipinski definition) is 1. The molecular weight excluding hydrogens is 284 g/mol. The predicted molar refractivity (Wildman–Crippen MR) is 86.0 cm³/mol. The molecule has 0 amide bonds. The first-order valence-corrected chi connectivity index (χ1v) is 7.90. The summed E-state index contributed by atoms with van der Waals surface area (Å²) in [5, 5.41) is 4.40. The van der Waals surface area contributed by atoms with Gasteiger partial charge in [-0.2, -0.15) is 0 Å². The number of rotatable bonds is 8. The maximum atomic E-state index is 5.74. The van der Waals surface area contributed by atoms with Crippen molar-refractivity contribution in [2.24, 2.45) is 5.92 Å². The van der Waals surface area contributed by atoms with E-state index < -0.39 is 0 Å². The molecule has 0 fully saturated rings. The van der Waals surface area contributed by atoms with Gasteiger partial charge in [-0.1, -0.05) is 19.9 Å². The van der Waals surface area contributed by atoms with Crippen LogP contribution in [0.2, 0.25) is 0 Å². The van der Waals surface area contributed by atoms with Crippen molar-refractivity contribution in [1.82, 2.24) is 10.3 Å². The van der Waals surface area contributed by atoms with Gasteiger partial charge in [-0.25, -0.2) is 4.98 Å². The highest BCUT2D eigenvalue weighted by Gasteiger charge is 2.04. The van der Waals surface area contributed by atoms with Crippen LogP contribution in [0.4, 0.5) is 0 Å². The molecule has 1 N–H and O–H groups in total. The fraction of sp³-hybridized carbons (Fsp3) is 0.438. The van der Waals surface area contributed by atoms with E-state index >= 15 is 0 Å². The van der Waals surface area contributed by atoms with Gasteiger partial charge in [0.05, 0.1) is 7.11 Å². The normalized spacial score (nSPS) is 10.9. The second-order valence-electron chi connectivity index (χ2n) is 5.21. The van der Waals surface area contributed by atoms with Crippen LogP contribution in [-0.4, -0.2) is 18.6 Å². The summed E-state index contributed by atoms with van der Waals surface area (Å²) in [4.78, 5) is 5.63. The van der Waals surface area contributed by atoms with Crippen molar-refractivity contribution >= 4 is 11.3 Å². The molecule has 1 aromatic carbocycles. The van der Waals surface area contributed by atoms with Gasteiger partial charge in [-0.3, -0.25) is 0 Å². The van der Waals surface area contributed by atoms with E-state index in [4.69, 9.17) is 9.47 Å². The van der Waals surface area contributed by atoms with Crippen LogP contribution < -0.4 is 14.8 Å². The van der Waals surface area contributed by atoms with Gasteiger partial charge in [-0.05, 0) is 24.6 Å². The second-order valence-corrected chi connectivity index (χ2v) is 6.41. The topological polar surface area (TPSA) is 43.4 Å². The Kier molecular flexibility index (Phi) is 6.02. The zero-order valence-corrected chi connectivity index (χ0v) is 13.6. The SMILES string of the molecule is COc1cccc(OCc2ncc(CNCC(C)C)s2)c1. The second kappa shape index (κ2) is 8.00. The molecule has 5 heteroatoms. The first kappa shape index (κ1) is 15.8. The standard InChI is InChI=1S/C16H22N2O2S/c1-12(2)8-17-9-15-10-18-16(21-15)11-20-14-6-4-5-13(7-14)19-3/h4-7,10,12,17H,8-9,11H2,1-3H3. The molecule has 0 radical (unpaired) electrons. The molecule has 0 spiro atoms. The minimum absolute atomic E-state index is 0.488. The molecule has 4 nitrogen and oxygen atoms in total. The predicted octanol–water partition coefficient (Wildman–Crippen LogP) is 3.48. The molecule has 114 valence electrons. The van der Waals surface area contributed by atoms with Gasteiger partial charge in [0.1, 0.15) is 23.1 Å². The number of nitrogens with one attached hydrogen (secondary N) is 1. The van der Waals surface area contributed by atoms with Gasteiger partial charge in [0.15, 0.2) is 0 Å². The van der Waals surface area contributed by atoms with E-state index in [0.29, 0.717) is 12.5 Å². The van der Waals surface area contributed by atoms with Crippen LogP contribution in [0.3, 0.4) is 0 Å². The first-order valence-electron chi connectivity index (χ1n) is 7.08. The fourth-order valence-corrected chi connectivity index (χ4v) is 2.62. The lowest BCUT2D eigenvalue weighted by atomic mass is 10.2. The number of ether oxygens (including phenoxy) is 2. The highest BCUT2D eigenvalue weighted by atomic mass is 32.1. The molecule has 0 bridgehead atoms. The third kappa shape index (κ3) is 5.36. The van der Waals surface area contributed by atoms with E-state index in [2.05, 4.69) is 24.1 Å². The number of thiazole rings is 1. The molecule has 21 heavy (non-hydrogen) atoms. The van der Waals surface area contributed by atoms with Gasteiger partial charge in [-0.15, -0.1) is 11.3 Å². The van der Waals surface area contributed by atoms with Crippen molar-refractivity contribution in [1.29, 1.82) is 0 Å². The molecule has 0 saturated carbocycles. The summed E-state index contributed by atoms with van der Waals surface area (Å²) in [5.41, 5.74) is 0. The van der Waals surface area contributed by atoms with E-state index in [9.17, 15) is 0 Å². The summed E-state index contributed by atoms with van der Waals surface area (Å²) >= 11 is 1.68. The van der Waals surface area contributed by atoms with Gasteiger partial charge in [0, 0.05) is 23.7 Å². The maximum absolute atomic E-state index is 5.74. The van der Waals surface area contributed by atoms with Crippen molar-refractivity contribution in [3.05, 3.63) is 40.3 Å². The van der Waals surface area contributed by atoms with Crippen LogP contribution in [0.1, 0.15) is 23.7 Å². The first-order chi connectivity index (χ1) is 10.2. The quantitative estimate of drug-likeness (QED) is 0.811. The summed E-state index contributed by atoms with van der Waals surface area (Å²) in [7, 11) is 1.65. The van der Waals surface area contributed by atoms with E-state index in [1.807, 2.05) is 30.5 Å². The minimum atomic E-state index is 0.488. The highest BCUT2D eigenvalue weighted by molar-refractivity contribution is 7.11. The lowest BCUT2D eigenvalue weighted by Gasteiger charge is -2.06. The molecule has 0 aliphatic heterocycles. The Bertz CT molecular complexity index is 555. The Morgan fingerprint density at radius 2 is 2.10 bits per heavy atom. The van der Waals surface area contributed by atoms with Crippen LogP contribution in [0, 0.1) is 5.92 Å². The Balaban J connectivity index is 1.82. The van der Waals surface area contributed by atoms with Crippen LogP contribution >= 0.6 is 11.3 Å². The summed E-state index contributed by atoms with van der Waals surface area (Å²) in [6.07, 6.45) is 1.92. The van der Waals surface area contributed by atoms with Crippen LogP contribution in [0.15, 0.2) is 30.5 Å². The lowest BCUT2D eigenvalue weighted by molar-refractivity contribution is 0.303. The highest BCUT2D eigenvalue weighted by Crippen LogP contribution is 2.21. The molecule has 0 unspecified atom stereocenters. The van der Waals surface area contributed by atoms with Crippen LogP contribution in [0.25, 0.3) is 0 Å². The van der Waals surface area contributed by atoms with Crippen molar-refractivity contribution in [2.45, 2.75) is 27.0 Å². The van der Waals surface area contributed by atoms with Gasteiger partial charge in [0.25, 0.3) is 0 Å². The third-order valence-electron chi connectivity index (χ3n) is 2.86. The fourth-order valence-electron chi connectivity index (χ4n) is 1.82. The number of aromatic nitrogens is 1. The Hall–Kier alpha value is -1.59. The molecular formula is C16H22N2O2S. The summed E-state index contributed by atoms with van der Waals surface area (Å²) in [6.45, 7) is 6.78. The van der Waals surface area contributed by atoms with E-state index in [-0.39, 0.29) is 0 Å². The lowest BCUT2D eigenvalue weighted by Crippen LogP contribution is -2.18. The monoisotopic (exact) mass is 306 g/mol. The Morgan fingerprint density at radius 3 is 2.86 bits per heavy atom. The Morgan fingerprint density at radius 1 is 1.29 bits per heavy atom. The number of methoxy groups -OCH3 is 1. The molecule has 2 aromatic rings. The summed E-state index contributed by atoms with van der Waals surface area (Å²) in [5.74, 6) is 2.25. The van der Waals surface area contributed by atoms with E-state index in [0.717, 1.165) is 29.6 Å². The van der Waals surface area contributed by atoms with Crippen molar-refractivity contribution < 1.29 is 9.47 Å². The van der Waals surface area contributed by atoms with Crippen molar-refractivity contribution in [2.75, 3.05) is 13.7 Å². The maximum Gasteiger partial charge on any atom is 0.140 e. The third-order valence-corrected chi connectivity index (χ3v) is 3.83. The van der Waals surface area contributed by atoms with Crippen molar-refractivity contribution in [3.63, 3.8) is 0 Å². The molecule has 0 atom stereocenters. The Labute approximate surface area is 130 Å². The number of benzene rings is 1. The number of hydrogen-bond acceptors (Lipinski definition) is 5.